The van der Waals surface area contributed by atoms with Crippen molar-refractivity contribution in [2.75, 3.05) is 20.2 Å². The topological polar surface area (TPSA) is 88.7 Å². The van der Waals surface area contributed by atoms with Gasteiger partial charge >= 0.3 is 6.09 Å². The van der Waals surface area contributed by atoms with Crippen LogP contribution < -0.4 is 4.74 Å². The molecule has 30 heavy (non-hydrogen) atoms. The molecule has 8 heteroatoms. The fraction of sp³-hybridized carbons (Fsp3) is 0.318. The number of hydrogen-bond donors (Lipinski definition) is 1. The highest BCUT2D eigenvalue weighted by Crippen LogP contribution is 2.32. The number of carbonyl (C=O) groups excluding carboxylic acids is 1. The second kappa shape index (κ2) is 8.39. The summed E-state index contributed by atoms with van der Waals surface area (Å²) in [5, 5.41) is 0.553. The van der Waals surface area contributed by atoms with E-state index in [0.717, 1.165) is 0 Å². The molecule has 0 aliphatic carbocycles. The normalized spacial score (nSPS) is 12.0. The van der Waals surface area contributed by atoms with Crippen LogP contribution in [-0.4, -0.2) is 50.2 Å². The van der Waals surface area contributed by atoms with Gasteiger partial charge in [-0.2, -0.15) is 0 Å². The number of ether oxygens (including phenoxy) is 2. The third-order valence-corrected chi connectivity index (χ3v) is 6.18. The van der Waals surface area contributed by atoms with Crippen LogP contribution in [0.25, 0.3) is 10.9 Å². The van der Waals surface area contributed by atoms with Crippen LogP contribution in [0.4, 0.5) is 4.79 Å². The second-order valence-corrected chi connectivity index (χ2v) is 9.82. The first kappa shape index (κ1) is 21.7. The Morgan fingerprint density at radius 2 is 1.77 bits per heavy atom. The molecule has 0 radical (unpaired) electrons. The number of nitrogens with zero attached hydrogens (tertiary/aromatic N) is 1. The van der Waals surface area contributed by atoms with E-state index in [2.05, 4.69) is 4.98 Å². The molecule has 3 rings (SSSR count). The van der Waals surface area contributed by atoms with E-state index in [9.17, 15) is 13.2 Å². The average molecular weight is 431 g/mol. The lowest BCUT2D eigenvalue weighted by Crippen LogP contribution is -2.36. The van der Waals surface area contributed by atoms with Gasteiger partial charge in [-0.05, 0) is 39.0 Å². The van der Waals surface area contributed by atoms with Gasteiger partial charge in [0, 0.05) is 18.6 Å². The van der Waals surface area contributed by atoms with Gasteiger partial charge in [0.2, 0.25) is 9.84 Å². The summed E-state index contributed by atoms with van der Waals surface area (Å²) < 4.78 is 37.1. The highest BCUT2D eigenvalue weighted by Gasteiger charge is 2.23. The highest BCUT2D eigenvalue weighted by molar-refractivity contribution is 7.91. The van der Waals surface area contributed by atoms with Crippen molar-refractivity contribution in [3.8, 4) is 5.75 Å². The van der Waals surface area contributed by atoms with Gasteiger partial charge in [-0.3, -0.25) is 0 Å². The van der Waals surface area contributed by atoms with Crippen LogP contribution in [0.3, 0.4) is 0 Å². The molecule has 7 nitrogen and oxygen atoms in total. The highest BCUT2D eigenvalue weighted by atomic mass is 32.2. The fourth-order valence-corrected chi connectivity index (χ4v) is 4.34. The number of aromatic amines is 1. The van der Waals surface area contributed by atoms with Gasteiger partial charge in [0.05, 0.1) is 21.9 Å². The van der Waals surface area contributed by atoms with E-state index in [0.29, 0.717) is 23.2 Å². The molecule has 1 N–H and O–H groups in total. The maximum atomic E-state index is 13.0. The zero-order chi connectivity index (χ0) is 21.9. The molecule has 0 fully saturated rings. The molecule has 1 amide bonds. The zero-order valence-electron chi connectivity index (χ0n) is 17.5. The van der Waals surface area contributed by atoms with Crippen molar-refractivity contribution in [1.82, 2.24) is 9.88 Å². The minimum Gasteiger partial charge on any atom is -0.490 e. The van der Waals surface area contributed by atoms with Crippen LogP contribution in [0.5, 0.6) is 5.75 Å². The summed E-state index contributed by atoms with van der Waals surface area (Å²) in [6, 6.07) is 13.5. The predicted octanol–water partition coefficient (Wildman–Crippen LogP) is 4.25. The Balaban J connectivity index is 1.76. The van der Waals surface area contributed by atoms with Crippen molar-refractivity contribution in [3.63, 3.8) is 0 Å². The molecular formula is C22H26N2O5S. The van der Waals surface area contributed by atoms with E-state index >= 15 is 0 Å². The largest absolute Gasteiger partial charge is 0.490 e. The summed E-state index contributed by atoms with van der Waals surface area (Å²) in [6.07, 6.45) is 1.05. The van der Waals surface area contributed by atoms with Crippen molar-refractivity contribution < 1.29 is 22.7 Å². The number of rotatable bonds is 6. The minimum absolute atomic E-state index is 0.194. The first-order valence-electron chi connectivity index (χ1n) is 9.57. The van der Waals surface area contributed by atoms with Crippen LogP contribution in [0, 0.1) is 0 Å². The molecule has 3 aromatic rings. The smallest absolute Gasteiger partial charge is 0.410 e. The number of likely N-dealkylation sites (N-methyl/N-ethyl adjacent to an activating group) is 1. The average Bonchev–Trinajstić information content (AvgIpc) is 3.13. The number of benzene rings is 2. The van der Waals surface area contributed by atoms with Gasteiger partial charge < -0.3 is 19.4 Å². The summed E-state index contributed by atoms with van der Waals surface area (Å²) >= 11 is 0. The molecule has 1 heterocycles. The van der Waals surface area contributed by atoms with Gasteiger partial charge in [0.1, 0.15) is 18.0 Å². The number of carbonyl (C=O) groups is 1. The van der Waals surface area contributed by atoms with E-state index in [4.69, 9.17) is 9.47 Å². The summed E-state index contributed by atoms with van der Waals surface area (Å²) in [5.74, 6) is 0.514. The molecule has 0 bridgehead atoms. The third-order valence-electron chi connectivity index (χ3n) is 4.37. The molecule has 160 valence electrons. The number of sulfone groups is 1. The predicted molar refractivity (Wildman–Crippen MR) is 115 cm³/mol. The summed E-state index contributed by atoms with van der Waals surface area (Å²) in [4.78, 5) is 16.9. The summed E-state index contributed by atoms with van der Waals surface area (Å²) in [5.41, 5.74) is 0.0230. The lowest BCUT2D eigenvalue weighted by molar-refractivity contribution is 0.0278. The standard InChI is InChI=1S/C22H26N2O5S/c1-22(2,3)29-21(25)24(4)13-14-28-18-12-8-11-17-19(15-23-20(17)18)30(26,27)16-9-6-5-7-10-16/h5-12,15,23H,13-14H2,1-4H3. The molecule has 0 atom stereocenters. The van der Waals surface area contributed by atoms with Crippen LogP contribution in [-0.2, 0) is 14.6 Å². The molecule has 0 saturated heterocycles. The number of H-pyrrole nitrogens is 1. The molecular weight excluding hydrogens is 404 g/mol. The molecule has 1 aromatic heterocycles. The maximum Gasteiger partial charge on any atom is 0.410 e. The molecule has 0 aliphatic rings. The SMILES string of the molecule is CN(CCOc1cccc2c(S(=O)(=O)c3ccccc3)c[nH]c12)C(=O)OC(C)(C)C. The molecule has 0 spiro atoms. The van der Waals surface area contributed by atoms with Gasteiger partial charge in [0.25, 0.3) is 0 Å². The number of fused-ring (bicyclic) bond motifs is 1. The minimum atomic E-state index is -3.66. The first-order valence-corrected chi connectivity index (χ1v) is 11.0. The van der Waals surface area contributed by atoms with Crippen LogP contribution >= 0.6 is 0 Å². The van der Waals surface area contributed by atoms with Crippen molar-refractivity contribution in [2.24, 2.45) is 0 Å². The number of aromatic nitrogens is 1. The molecule has 0 aliphatic heterocycles. The van der Waals surface area contributed by atoms with Crippen molar-refractivity contribution in [2.45, 2.75) is 36.2 Å². The lowest BCUT2D eigenvalue weighted by atomic mass is 10.2. The van der Waals surface area contributed by atoms with Gasteiger partial charge in [0.15, 0.2) is 0 Å². The van der Waals surface area contributed by atoms with Crippen LogP contribution in [0.15, 0.2) is 64.5 Å². The Morgan fingerprint density at radius 3 is 2.43 bits per heavy atom. The van der Waals surface area contributed by atoms with Crippen molar-refractivity contribution in [3.05, 3.63) is 54.7 Å². The van der Waals surface area contributed by atoms with E-state index in [-0.39, 0.29) is 16.4 Å². The Hall–Kier alpha value is -3.00. The maximum absolute atomic E-state index is 13.0. The molecule has 2 aromatic carbocycles. The summed E-state index contributed by atoms with van der Waals surface area (Å²) in [7, 11) is -2.02. The Labute approximate surface area is 176 Å². The first-order chi connectivity index (χ1) is 14.1. The van der Waals surface area contributed by atoms with Crippen LogP contribution in [0.1, 0.15) is 20.8 Å². The van der Waals surface area contributed by atoms with E-state index in [1.165, 1.54) is 11.1 Å². The van der Waals surface area contributed by atoms with Gasteiger partial charge in [-0.1, -0.05) is 30.3 Å². The number of hydrogen-bond acceptors (Lipinski definition) is 5. The number of amides is 1. The van der Waals surface area contributed by atoms with Gasteiger partial charge in [-0.25, -0.2) is 13.2 Å². The molecule has 0 unspecified atom stereocenters. The zero-order valence-corrected chi connectivity index (χ0v) is 18.3. The lowest BCUT2D eigenvalue weighted by Gasteiger charge is -2.24. The Morgan fingerprint density at radius 1 is 1.07 bits per heavy atom. The monoisotopic (exact) mass is 430 g/mol. The van der Waals surface area contributed by atoms with E-state index < -0.39 is 21.5 Å². The quantitative estimate of drug-likeness (QED) is 0.632. The Bertz CT molecular complexity index is 1130. The van der Waals surface area contributed by atoms with Crippen molar-refractivity contribution in [1.29, 1.82) is 0 Å². The number of para-hydroxylation sites is 1. The fourth-order valence-electron chi connectivity index (χ4n) is 2.89. The summed E-state index contributed by atoms with van der Waals surface area (Å²) in [6.45, 7) is 5.97. The second-order valence-electron chi connectivity index (χ2n) is 7.90. The van der Waals surface area contributed by atoms with Gasteiger partial charge in [-0.15, -0.1) is 0 Å². The van der Waals surface area contributed by atoms with Crippen LogP contribution in [0.2, 0.25) is 0 Å². The number of nitrogens with one attached hydrogen (secondary N) is 1. The molecule has 0 saturated carbocycles. The Kier molecular flexibility index (Phi) is 6.07. The third kappa shape index (κ3) is 4.76. The van der Waals surface area contributed by atoms with Crippen molar-refractivity contribution >= 4 is 26.8 Å². The van der Waals surface area contributed by atoms with E-state index in [1.54, 1.807) is 55.6 Å². The van der Waals surface area contributed by atoms with E-state index in [1.807, 2.05) is 20.8 Å².